The quantitative estimate of drug-likeness (QED) is 0.838. The van der Waals surface area contributed by atoms with Gasteiger partial charge in [-0.15, -0.1) is 0 Å². The first-order chi connectivity index (χ1) is 12.4. The summed E-state index contributed by atoms with van der Waals surface area (Å²) >= 11 is 0. The number of nitrogens with zero attached hydrogens (tertiary/aromatic N) is 2. The van der Waals surface area contributed by atoms with Crippen LogP contribution in [0.25, 0.3) is 0 Å². The molecule has 1 aromatic heterocycles. The Labute approximate surface area is 155 Å². The first-order valence-corrected chi connectivity index (χ1v) is 10.2. The standard InChI is InChI=1S/C19H25N3O3S/c1-14-6-8-18(25-3)17(12-14)15(2)21-19-9-7-16(13-20-19)26(23,24)22-10-4-5-11-22/h6-9,12-13,15H,4-5,10-11H2,1-3H3,(H,20,21). The second-order valence-electron chi connectivity index (χ2n) is 6.60. The van der Waals surface area contributed by atoms with Gasteiger partial charge in [0.25, 0.3) is 0 Å². The average Bonchev–Trinajstić information content (AvgIpc) is 3.17. The molecule has 1 aromatic carbocycles. The Hall–Kier alpha value is -2.12. The number of ether oxygens (including phenoxy) is 1. The van der Waals surface area contributed by atoms with Crippen LogP contribution in [0.2, 0.25) is 0 Å². The second kappa shape index (κ2) is 7.63. The lowest BCUT2D eigenvalue weighted by molar-refractivity contribution is 0.408. The summed E-state index contributed by atoms with van der Waals surface area (Å²) in [7, 11) is -1.78. The Morgan fingerprint density at radius 2 is 1.92 bits per heavy atom. The summed E-state index contributed by atoms with van der Waals surface area (Å²) in [5.41, 5.74) is 2.18. The summed E-state index contributed by atoms with van der Waals surface area (Å²) in [5.74, 6) is 1.44. The van der Waals surface area contributed by atoms with Crippen LogP contribution in [0, 0.1) is 6.92 Å². The van der Waals surface area contributed by atoms with Gasteiger partial charge in [0, 0.05) is 24.8 Å². The molecule has 140 valence electrons. The maximum atomic E-state index is 12.6. The minimum Gasteiger partial charge on any atom is -0.496 e. The Balaban J connectivity index is 1.76. The number of pyridine rings is 1. The molecular weight excluding hydrogens is 350 g/mol. The maximum absolute atomic E-state index is 12.6. The molecular formula is C19H25N3O3S. The third-order valence-electron chi connectivity index (χ3n) is 4.66. The normalized spacial score (nSPS) is 16.4. The molecule has 1 aliphatic heterocycles. The Kier molecular flexibility index (Phi) is 5.48. The third-order valence-corrected chi connectivity index (χ3v) is 6.54. The molecule has 1 aliphatic rings. The molecule has 0 saturated carbocycles. The van der Waals surface area contributed by atoms with Crippen molar-refractivity contribution in [2.24, 2.45) is 0 Å². The zero-order valence-corrected chi connectivity index (χ0v) is 16.2. The number of anilines is 1. The van der Waals surface area contributed by atoms with Crippen molar-refractivity contribution in [1.29, 1.82) is 0 Å². The molecule has 1 saturated heterocycles. The van der Waals surface area contributed by atoms with Crippen LogP contribution in [0.4, 0.5) is 5.82 Å². The van der Waals surface area contributed by atoms with E-state index in [2.05, 4.69) is 16.4 Å². The lowest BCUT2D eigenvalue weighted by Crippen LogP contribution is -2.27. The highest BCUT2D eigenvalue weighted by Crippen LogP contribution is 2.28. The predicted molar refractivity (Wildman–Crippen MR) is 102 cm³/mol. The van der Waals surface area contributed by atoms with Crippen molar-refractivity contribution >= 4 is 15.8 Å². The second-order valence-corrected chi connectivity index (χ2v) is 8.54. The van der Waals surface area contributed by atoms with Crippen molar-refractivity contribution in [2.45, 2.75) is 37.6 Å². The summed E-state index contributed by atoms with van der Waals surface area (Å²) in [6.45, 7) is 5.23. The smallest absolute Gasteiger partial charge is 0.244 e. The van der Waals surface area contributed by atoms with Crippen molar-refractivity contribution in [3.63, 3.8) is 0 Å². The Bertz CT molecular complexity index is 860. The molecule has 0 radical (unpaired) electrons. The van der Waals surface area contributed by atoms with Gasteiger partial charge in [-0.1, -0.05) is 17.7 Å². The molecule has 0 bridgehead atoms. The molecule has 7 heteroatoms. The lowest BCUT2D eigenvalue weighted by atomic mass is 10.0. The van der Waals surface area contributed by atoms with Gasteiger partial charge in [-0.25, -0.2) is 13.4 Å². The van der Waals surface area contributed by atoms with E-state index < -0.39 is 10.0 Å². The Morgan fingerprint density at radius 3 is 2.54 bits per heavy atom. The van der Waals surface area contributed by atoms with Gasteiger partial charge in [-0.05, 0) is 44.9 Å². The molecule has 2 aromatic rings. The zero-order valence-electron chi connectivity index (χ0n) is 15.4. The zero-order chi connectivity index (χ0) is 18.7. The van der Waals surface area contributed by atoms with Crippen molar-refractivity contribution in [1.82, 2.24) is 9.29 Å². The number of sulfonamides is 1. The van der Waals surface area contributed by atoms with E-state index in [1.165, 1.54) is 10.5 Å². The molecule has 2 heterocycles. The van der Waals surface area contributed by atoms with E-state index in [1.54, 1.807) is 19.2 Å². The van der Waals surface area contributed by atoms with E-state index in [4.69, 9.17) is 4.74 Å². The molecule has 1 fully saturated rings. The molecule has 0 amide bonds. The van der Waals surface area contributed by atoms with E-state index in [9.17, 15) is 8.42 Å². The summed E-state index contributed by atoms with van der Waals surface area (Å²) in [5, 5.41) is 3.31. The number of nitrogens with one attached hydrogen (secondary N) is 1. The summed E-state index contributed by atoms with van der Waals surface area (Å²) in [4.78, 5) is 4.54. The number of rotatable bonds is 6. The number of hydrogen-bond donors (Lipinski definition) is 1. The third kappa shape index (κ3) is 3.83. The molecule has 3 rings (SSSR count). The first-order valence-electron chi connectivity index (χ1n) is 8.79. The fraction of sp³-hybridized carbons (Fsp3) is 0.421. The number of methoxy groups -OCH3 is 1. The van der Waals surface area contributed by atoms with Gasteiger partial charge in [0.15, 0.2) is 0 Å². The van der Waals surface area contributed by atoms with Crippen LogP contribution >= 0.6 is 0 Å². The van der Waals surface area contributed by atoms with Crippen molar-refractivity contribution in [2.75, 3.05) is 25.5 Å². The average molecular weight is 375 g/mol. The van der Waals surface area contributed by atoms with Gasteiger partial charge in [-0.2, -0.15) is 4.31 Å². The lowest BCUT2D eigenvalue weighted by Gasteiger charge is -2.19. The van der Waals surface area contributed by atoms with Gasteiger partial charge in [0.2, 0.25) is 10.0 Å². The monoisotopic (exact) mass is 375 g/mol. The highest BCUT2D eigenvalue weighted by Gasteiger charge is 2.27. The summed E-state index contributed by atoms with van der Waals surface area (Å²) in [6, 6.07) is 9.32. The van der Waals surface area contributed by atoms with Gasteiger partial charge in [0.1, 0.15) is 16.5 Å². The summed E-state index contributed by atoms with van der Waals surface area (Å²) in [6.07, 6.45) is 3.26. The molecule has 0 spiro atoms. The van der Waals surface area contributed by atoms with Gasteiger partial charge >= 0.3 is 0 Å². The fourth-order valence-electron chi connectivity index (χ4n) is 3.19. The largest absolute Gasteiger partial charge is 0.496 e. The Morgan fingerprint density at radius 1 is 1.19 bits per heavy atom. The van der Waals surface area contributed by atoms with E-state index in [0.29, 0.717) is 18.9 Å². The number of aryl methyl sites for hydroxylation is 1. The van der Waals surface area contributed by atoms with Gasteiger partial charge in [0.05, 0.1) is 13.2 Å². The number of aromatic nitrogens is 1. The van der Waals surface area contributed by atoms with Gasteiger partial charge in [-0.3, -0.25) is 0 Å². The van der Waals surface area contributed by atoms with Crippen LogP contribution in [0.1, 0.15) is 36.9 Å². The first kappa shape index (κ1) is 18.7. The highest BCUT2D eigenvalue weighted by atomic mass is 32.2. The van der Waals surface area contributed by atoms with Crippen LogP contribution in [-0.4, -0.2) is 37.9 Å². The minimum absolute atomic E-state index is 0.0293. The van der Waals surface area contributed by atoms with Crippen molar-refractivity contribution in [3.05, 3.63) is 47.7 Å². The summed E-state index contributed by atoms with van der Waals surface area (Å²) < 4.78 is 32.1. The van der Waals surface area contributed by atoms with Crippen molar-refractivity contribution in [3.8, 4) is 5.75 Å². The molecule has 1 N–H and O–H groups in total. The maximum Gasteiger partial charge on any atom is 0.244 e. The fourth-order valence-corrected chi connectivity index (χ4v) is 4.65. The van der Waals surface area contributed by atoms with Crippen LogP contribution in [-0.2, 0) is 10.0 Å². The van der Waals surface area contributed by atoms with Crippen LogP contribution in [0.5, 0.6) is 5.75 Å². The number of hydrogen-bond acceptors (Lipinski definition) is 5. The van der Waals surface area contributed by atoms with Crippen molar-refractivity contribution < 1.29 is 13.2 Å². The highest BCUT2D eigenvalue weighted by molar-refractivity contribution is 7.89. The molecule has 0 aliphatic carbocycles. The van der Waals surface area contributed by atoms with Crippen LogP contribution in [0.15, 0.2) is 41.4 Å². The minimum atomic E-state index is -3.43. The molecule has 6 nitrogen and oxygen atoms in total. The van der Waals surface area contributed by atoms with E-state index in [-0.39, 0.29) is 10.9 Å². The van der Waals surface area contributed by atoms with E-state index >= 15 is 0 Å². The van der Waals surface area contributed by atoms with E-state index in [1.807, 2.05) is 26.0 Å². The molecule has 26 heavy (non-hydrogen) atoms. The molecule has 1 unspecified atom stereocenters. The predicted octanol–water partition coefficient (Wildman–Crippen LogP) is 3.36. The number of benzene rings is 1. The van der Waals surface area contributed by atoms with Gasteiger partial charge < -0.3 is 10.1 Å². The molecule has 1 atom stereocenters. The van der Waals surface area contributed by atoms with Crippen LogP contribution in [0.3, 0.4) is 0 Å². The topological polar surface area (TPSA) is 71.5 Å². The van der Waals surface area contributed by atoms with E-state index in [0.717, 1.165) is 29.7 Å². The van der Waals surface area contributed by atoms with Crippen LogP contribution < -0.4 is 10.1 Å². The SMILES string of the molecule is COc1ccc(C)cc1C(C)Nc1ccc(S(=O)(=O)N2CCCC2)cn1.